The molecule has 0 spiro atoms. The highest BCUT2D eigenvalue weighted by Crippen LogP contribution is 2.37. The molecule has 0 bridgehead atoms. The number of hydrogen-bond acceptors (Lipinski definition) is 4. The monoisotopic (exact) mass is 384 g/mol. The van der Waals surface area contributed by atoms with Gasteiger partial charge in [0.15, 0.2) is 0 Å². The average Bonchev–Trinajstić information content (AvgIpc) is 2.55. The SMILES string of the molecule is Cc1cc(Nc2ccc(Cl)cc2C(F)(F)F)nc(N2CCCC(C)C2)n1. The lowest BCUT2D eigenvalue weighted by molar-refractivity contribution is -0.136. The van der Waals surface area contributed by atoms with E-state index in [9.17, 15) is 13.2 Å². The molecule has 140 valence electrons. The minimum absolute atomic E-state index is 0.0322. The van der Waals surface area contributed by atoms with Crippen LogP contribution in [0.2, 0.25) is 5.02 Å². The van der Waals surface area contributed by atoms with Gasteiger partial charge in [-0.05, 0) is 43.9 Å². The van der Waals surface area contributed by atoms with E-state index in [4.69, 9.17) is 11.6 Å². The summed E-state index contributed by atoms with van der Waals surface area (Å²) in [5.74, 6) is 1.41. The summed E-state index contributed by atoms with van der Waals surface area (Å²) in [4.78, 5) is 11.0. The summed E-state index contributed by atoms with van der Waals surface area (Å²) in [6.45, 7) is 5.67. The summed E-state index contributed by atoms with van der Waals surface area (Å²) < 4.78 is 39.9. The van der Waals surface area contributed by atoms with E-state index >= 15 is 0 Å². The van der Waals surface area contributed by atoms with E-state index < -0.39 is 11.7 Å². The summed E-state index contributed by atoms with van der Waals surface area (Å²) >= 11 is 5.73. The number of nitrogens with one attached hydrogen (secondary N) is 1. The number of halogens is 4. The van der Waals surface area contributed by atoms with Crippen molar-refractivity contribution in [2.24, 2.45) is 5.92 Å². The molecular formula is C18H20ClF3N4. The smallest absolute Gasteiger partial charge is 0.340 e. The zero-order valence-electron chi connectivity index (χ0n) is 14.6. The van der Waals surface area contributed by atoms with Crippen LogP contribution in [0.15, 0.2) is 24.3 Å². The molecule has 1 aromatic heterocycles. The molecule has 1 unspecified atom stereocenters. The molecule has 8 heteroatoms. The van der Waals surface area contributed by atoms with E-state index in [-0.39, 0.29) is 10.7 Å². The number of aromatic nitrogens is 2. The zero-order valence-corrected chi connectivity index (χ0v) is 15.3. The Hall–Kier alpha value is -2.02. The summed E-state index contributed by atoms with van der Waals surface area (Å²) in [7, 11) is 0. The number of hydrogen-bond donors (Lipinski definition) is 1. The minimum atomic E-state index is -4.51. The first-order chi connectivity index (χ1) is 12.2. The van der Waals surface area contributed by atoms with Crippen molar-refractivity contribution in [1.82, 2.24) is 9.97 Å². The van der Waals surface area contributed by atoms with E-state index in [2.05, 4.69) is 27.1 Å². The number of piperidine rings is 1. The van der Waals surface area contributed by atoms with Gasteiger partial charge in [0.1, 0.15) is 5.82 Å². The molecule has 1 aromatic carbocycles. The highest BCUT2D eigenvalue weighted by Gasteiger charge is 2.34. The van der Waals surface area contributed by atoms with Crippen molar-refractivity contribution in [2.75, 3.05) is 23.3 Å². The molecule has 2 heterocycles. The first-order valence-corrected chi connectivity index (χ1v) is 8.84. The van der Waals surface area contributed by atoms with Gasteiger partial charge >= 0.3 is 6.18 Å². The number of anilines is 3. The maximum atomic E-state index is 13.3. The van der Waals surface area contributed by atoms with Crippen LogP contribution in [0.3, 0.4) is 0 Å². The fourth-order valence-corrected chi connectivity index (χ4v) is 3.30. The van der Waals surface area contributed by atoms with Gasteiger partial charge in [0.2, 0.25) is 5.95 Å². The quantitative estimate of drug-likeness (QED) is 0.765. The summed E-state index contributed by atoms with van der Waals surface area (Å²) in [6, 6.07) is 5.27. The fraction of sp³-hybridized carbons (Fsp3) is 0.444. The molecule has 1 saturated heterocycles. The Bertz CT molecular complexity index is 794. The maximum absolute atomic E-state index is 13.3. The highest BCUT2D eigenvalue weighted by atomic mass is 35.5. The molecule has 4 nitrogen and oxygen atoms in total. The lowest BCUT2D eigenvalue weighted by Gasteiger charge is -2.31. The average molecular weight is 385 g/mol. The van der Waals surface area contributed by atoms with Gasteiger partial charge < -0.3 is 10.2 Å². The molecule has 1 N–H and O–H groups in total. The van der Waals surface area contributed by atoms with Crippen LogP contribution in [0.25, 0.3) is 0 Å². The fourth-order valence-electron chi connectivity index (χ4n) is 3.13. The topological polar surface area (TPSA) is 41.1 Å². The second-order valence-corrected chi connectivity index (χ2v) is 7.14. The van der Waals surface area contributed by atoms with Crippen LogP contribution in [0.5, 0.6) is 0 Å². The van der Waals surface area contributed by atoms with Gasteiger partial charge in [-0.2, -0.15) is 18.2 Å². The van der Waals surface area contributed by atoms with Gasteiger partial charge in [0.25, 0.3) is 0 Å². The van der Waals surface area contributed by atoms with Crippen molar-refractivity contribution in [3.8, 4) is 0 Å². The number of alkyl halides is 3. The van der Waals surface area contributed by atoms with E-state index in [0.29, 0.717) is 23.4 Å². The molecule has 1 aliphatic heterocycles. The standard InChI is InChI=1S/C18H20ClF3N4/c1-11-4-3-7-26(10-11)17-23-12(2)8-16(25-17)24-15-6-5-13(19)9-14(15)18(20,21)22/h5-6,8-9,11H,3-4,7,10H2,1-2H3,(H,23,24,25). The predicted molar refractivity (Wildman–Crippen MR) is 97.1 cm³/mol. The molecule has 0 aliphatic carbocycles. The van der Waals surface area contributed by atoms with Crippen molar-refractivity contribution < 1.29 is 13.2 Å². The van der Waals surface area contributed by atoms with E-state index in [1.54, 1.807) is 13.0 Å². The molecule has 0 radical (unpaired) electrons. The molecule has 1 aliphatic rings. The van der Waals surface area contributed by atoms with Crippen molar-refractivity contribution in [1.29, 1.82) is 0 Å². The molecule has 0 amide bonds. The van der Waals surface area contributed by atoms with Crippen molar-refractivity contribution in [3.63, 3.8) is 0 Å². The third kappa shape index (κ3) is 4.38. The van der Waals surface area contributed by atoms with E-state index in [1.807, 2.05) is 0 Å². The van der Waals surface area contributed by atoms with Gasteiger partial charge in [0.05, 0.1) is 11.3 Å². The second-order valence-electron chi connectivity index (χ2n) is 6.70. The maximum Gasteiger partial charge on any atom is 0.418 e. The predicted octanol–water partition coefficient (Wildman–Crippen LogP) is 5.44. The Labute approximate surface area is 155 Å². The summed E-state index contributed by atoms with van der Waals surface area (Å²) in [6.07, 6.45) is -2.30. The second kappa shape index (κ2) is 7.31. The van der Waals surface area contributed by atoms with Crippen LogP contribution < -0.4 is 10.2 Å². The molecule has 26 heavy (non-hydrogen) atoms. The third-order valence-electron chi connectivity index (χ3n) is 4.33. The van der Waals surface area contributed by atoms with Crippen LogP contribution in [0, 0.1) is 12.8 Å². The third-order valence-corrected chi connectivity index (χ3v) is 4.57. The number of benzene rings is 1. The molecule has 2 aromatic rings. The van der Waals surface area contributed by atoms with Gasteiger partial charge in [-0.15, -0.1) is 0 Å². The minimum Gasteiger partial charge on any atom is -0.340 e. The van der Waals surface area contributed by atoms with Crippen LogP contribution in [0.4, 0.5) is 30.6 Å². The number of nitrogens with zero attached hydrogens (tertiary/aromatic N) is 3. The Balaban J connectivity index is 1.91. The largest absolute Gasteiger partial charge is 0.418 e. The van der Waals surface area contributed by atoms with Gasteiger partial charge in [-0.1, -0.05) is 18.5 Å². The van der Waals surface area contributed by atoms with E-state index in [0.717, 1.165) is 32.0 Å². The van der Waals surface area contributed by atoms with Crippen LogP contribution in [0.1, 0.15) is 31.0 Å². The van der Waals surface area contributed by atoms with Crippen molar-refractivity contribution >= 4 is 29.1 Å². The molecule has 3 rings (SSSR count). The lowest BCUT2D eigenvalue weighted by Crippen LogP contribution is -2.35. The van der Waals surface area contributed by atoms with Crippen LogP contribution >= 0.6 is 11.6 Å². The van der Waals surface area contributed by atoms with Crippen molar-refractivity contribution in [2.45, 2.75) is 32.9 Å². The summed E-state index contributed by atoms with van der Waals surface area (Å²) in [5, 5.41) is 2.81. The number of aryl methyl sites for hydroxylation is 1. The van der Waals surface area contributed by atoms with Gasteiger partial charge in [-0.25, -0.2) is 4.98 Å². The van der Waals surface area contributed by atoms with Gasteiger partial charge in [-0.3, -0.25) is 0 Å². The van der Waals surface area contributed by atoms with Gasteiger partial charge in [0, 0.05) is 29.9 Å². The Morgan fingerprint density at radius 1 is 1.23 bits per heavy atom. The summed E-state index contributed by atoms with van der Waals surface area (Å²) in [5.41, 5.74) is -0.217. The normalized spacial score (nSPS) is 18.1. The van der Waals surface area contributed by atoms with Crippen LogP contribution in [-0.2, 0) is 6.18 Å². The molecule has 0 saturated carbocycles. The highest BCUT2D eigenvalue weighted by molar-refractivity contribution is 6.30. The number of rotatable bonds is 3. The molecule has 1 fully saturated rings. The van der Waals surface area contributed by atoms with Crippen LogP contribution in [-0.4, -0.2) is 23.1 Å². The zero-order chi connectivity index (χ0) is 18.9. The Morgan fingerprint density at radius 2 is 2.00 bits per heavy atom. The lowest BCUT2D eigenvalue weighted by atomic mass is 10.0. The first-order valence-electron chi connectivity index (χ1n) is 8.47. The van der Waals surface area contributed by atoms with Crippen molar-refractivity contribution in [3.05, 3.63) is 40.5 Å². The first kappa shape index (κ1) is 18.8. The Morgan fingerprint density at radius 3 is 2.69 bits per heavy atom. The van der Waals surface area contributed by atoms with E-state index in [1.165, 1.54) is 12.1 Å². The Kier molecular flexibility index (Phi) is 5.27. The molecule has 1 atom stereocenters. The molecular weight excluding hydrogens is 365 g/mol.